The first-order chi connectivity index (χ1) is 10.3. The summed E-state index contributed by atoms with van der Waals surface area (Å²) >= 11 is 0. The van der Waals surface area contributed by atoms with Crippen LogP contribution in [0.15, 0.2) is 24.3 Å². The number of carbonyl (C=O) groups excluding carboxylic acids is 1. The van der Waals surface area contributed by atoms with Gasteiger partial charge in [0.15, 0.2) is 0 Å². The van der Waals surface area contributed by atoms with Crippen molar-refractivity contribution < 1.29 is 14.6 Å². The fraction of sp³-hybridized carbons (Fsp3) is 0.588. The van der Waals surface area contributed by atoms with E-state index in [2.05, 4.69) is 0 Å². The molecule has 0 saturated heterocycles. The van der Waals surface area contributed by atoms with Crippen molar-refractivity contribution in [1.29, 1.82) is 0 Å². The van der Waals surface area contributed by atoms with Crippen LogP contribution in [0.5, 0.6) is 5.75 Å². The lowest BCUT2D eigenvalue weighted by molar-refractivity contribution is 0.0378. The van der Waals surface area contributed by atoms with Crippen LogP contribution in [0.4, 0.5) is 0 Å². The van der Waals surface area contributed by atoms with E-state index >= 15 is 0 Å². The van der Waals surface area contributed by atoms with Gasteiger partial charge in [-0.15, -0.1) is 0 Å². The Hall–Kier alpha value is -1.55. The number of hydrogen-bond acceptors (Lipinski definition) is 3. The van der Waals surface area contributed by atoms with E-state index in [1.807, 2.05) is 18.2 Å². The average molecular weight is 289 g/mol. The van der Waals surface area contributed by atoms with Gasteiger partial charge in [-0.25, -0.2) is 0 Å². The van der Waals surface area contributed by atoms with Gasteiger partial charge in [-0.2, -0.15) is 0 Å². The van der Waals surface area contributed by atoms with E-state index in [4.69, 9.17) is 4.74 Å². The zero-order valence-corrected chi connectivity index (χ0v) is 12.3. The molecule has 1 aliphatic carbocycles. The molecule has 21 heavy (non-hydrogen) atoms. The molecule has 0 bridgehead atoms. The number of aliphatic hydroxyl groups is 1. The van der Waals surface area contributed by atoms with Crippen LogP contribution in [-0.2, 0) is 0 Å². The smallest absolute Gasteiger partial charge is 0.257 e. The molecular weight excluding hydrogens is 266 g/mol. The largest absolute Gasteiger partial charge is 0.491 e. The molecule has 1 N–H and O–H groups in total. The first kappa shape index (κ1) is 14.4. The molecule has 1 fully saturated rings. The molecule has 1 unspecified atom stereocenters. The van der Waals surface area contributed by atoms with Gasteiger partial charge in [0.05, 0.1) is 18.2 Å². The Morgan fingerprint density at radius 2 is 2.00 bits per heavy atom. The normalized spacial score (nSPS) is 21.4. The number of amides is 1. The molecule has 1 amide bonds. The topological polar surface area (TPSA) is 49.8 Å². The number of ether oxygens (including phenoxy) is 1. The molecule has 1 aromatic rings. The van der Waals surface area contributed by atoms with E-state index in [9.17, 15) is 9.90 Å². The van der Waals surface area contributed by atoms with Gasteiger partial charge >= 0.3 is 0 Å². The van der Waals surface area contributed by atoms with Crippen molar-refractivity contribution in [3.8, 4) is 5.75 Å². The van der Waals surface area contributed by atoms with Crippen molar-refractivity contribution in [3.63, 3.8) is 0 Å². The second kappa shape index (κ2) is 6.48. The summed E-state index contributed by atoms with van der Waals surface area (Å²) in [4.78, 5) is 14.3. The van der Waals surface area contributed by atoms with Crippen LogP contribution in [0.3, 0.4) is 0 Å². The maximum absolute atomic E-state index is 12.6. The Morgan fingerprint density at radius 3 is 2.81 bits per heavy atom. The average Bonchev–Trinajstić information content (AvgIpc) is 2.69. The number of carbonyl (C=O) groups is 1. The molecule has 2 aliphatic rings. The molecule has 1 aliphatic heterocycles. The standard InChI is InChI=1S/C17H23NO3/c19-15(13-6-2-1-3-7-13)12-18-10-11-21-16-9-5-4-8-14(16)17(18)20/h4-5,8-9,13,15,19H,1-3,6-7,10-12H2. The predicted molar refractivity (Wildman–Crippen MR) is 80.4 cm³/mol. The first-order valence-electron chi connectivity index (χ1n) is 7.95. The second-order valence-corrected chi connectivity index (χ2v) is 6.06. The van der Waals surface area contributed by atoms with E-state index in [-0.39, 0.29) is 5.91 Å². The highest BCUT2D eigenvalue weighted by molar-refractivity contribution is 5.97. The van der Waals surface area contributed by atoms with Gasteiger partial charge in [0.1, 0.15) is 12.4 Å². The number of nitrogens with zero attached hydrogens (tertiary/aromatic N) is 1. The lowest BCUT2D eigenvalue weighted by atomic mass is 9.85. The van der Waals surface area contributed by atoms with Gasteiger partial charge in [0.25, 0.3) is 5.91 Å². The Labute approximate surface area is 125 Å². The molecule has 4 heteroatoms. The van der Waals surface area contributed by atoms with Gasteiger partial charge < -0.3 is 14.7 Å². The van der Waals surface area contributed by atoms with Gasteiger partial charge in [0, 0.05) is 6.54 Å². The van der Waals surface area contributed by atoms with Crippen LogP contribution in [-0.4, -0.2) is 41.7 Å². The minimum Gasteiger partial charge on any atom is -0.491 e. The molecule has 1 heterocycles. The number of hydrogen-bond donors (Lipinski definition) is 1. The molecule has 114 valence electrons. The molecular formula is C17H23NO3. The second-order valence-electron chi connectivity index (χ2n) is 6.06. The highest BCUT2D eigenvalue weighted by Gasteiger charge is 2.28. The summed E-state index contributed by atoms with van der Waals surface area (Å²) in [5, 5.41) is 10.4. The summed E-state index contributed by atoms with van der Waals surface area (Å²) in [6, 6.07) is 7.34. The summed E-state index contributed by atoms with van der Waals surface area (Å²) in [5.74, 6) is 0.959. The first-order valence-corrected chi connectivity index (χ1v) is 7.95. The number of aliphatic hydroxyl groups excluding tert-OH is 1. The Balaban J connectivity index is 1.69. The molecule has 1 saturated carbocycles. The lowest BCUT2D eigenvalue weighted by Crippen LogP contribution is -2.41. The fourth-order valence-electron chi connectivity index (χ4n) is 3.37. The lowest BCUT2D eigenvalue weighted by Gasteiger charge is -2.30. The fourth-order valence-corrected chi connectivity index (χ4v) is 3.37. The van der Waals surface area contributed by atoms with Crippen LogP contribution >= 0.6 is 0 Å². The van der Waals surface area contributed by atoms with Crippen LogP contribution in [0.1, 0.15) is 42.5 Å². The minimum atomic E-state index is -0.417. The molecule has 0 aromatic heterocycles. The van der Waals surface area contributed by atoms with E-state index in [1.54, 1.807) is 11.0 Å². The quantitative estimate of drug-likeness (QED) is 0.930. The van der Waals surface area contributed by atoms with Crippen molar-refractivity contribution in [2.24, 2.45) is 5.92 Å². The maximum Gasteiger partial charge on any atom is 0.257 e. The third-order valence-electron chi connectivity index (χ3n) is 4.62. The summed E-state index contributed by atoms with van der Waals surface area (Å²) < 4.78 is 5.63. The van der Waals surface area contributed by atoms with E-state index < -0.39 is 6.10 Å². The number of fused-ring (bicyclic) bond motifs is 1. The van der Waals surface area contributed by atoms with Gasteiger partial charge in [-0.1, -0.05) is 31.4 Å². The number of rotatable bonds is 3. The zero-order valence-electron chi connectivity index (χ0n) is 12.3. The van der Waals surface area contributed by atoms with Crippen LogP contribution in [0.25, 0.3) is 0 Å². The molecule has 0 spiro atoms. The Kier molecular flexibility index (Phi) is 4.44. The van der Waals surface area contributed by atoms with Crippen molar-refractivity contribution >= 4 is 5.91 Å². The van der Waals surface area contributed by atoms with E-state index in [0.717, 1.165) is 12.8 Å². The van der Waals surface area contributed by atoms with Gasteiger partial charge in [-0.05, 0) is 30.9 Å². The number of β-amino-alcohol motifs (C(OH)–C–C–N with tert-alkyl or cyclic N) is 1. The third-order valence-corrected chi connectivity index (χ3v) is 4.62. The van der Waals surface area contributed by atoms with E-state index in [0.29, 0.717) is 36.9 Å². The van der Waals surface area contributed by atoms with E-state index in [1.165, 1.54) is 19.3 Å². The van der Waals surface area contributed by atoms with Crippen LogP contribution in [0.2, 0.25) is 0 Å². The third kappa shape index (κ3) is 3.21. The number of benzene rings is 1. The van der Waals surface area contributed by atoms with Crippen molar-refractivity contribution in [3.05, 3.63) is 29.8 Å². The number of para-hydroxylation sites is 1. The molecule has 1 aromatic carbocycles. The highest BCUT2D eigenvalue weighted by Crippen LogP contribution is 2.28. The van der Waals surface area contributed by atoms with Crippen LogP contribution < -0.4 is 4.74 Å². The summed E-state index contributed by atoms with van der Waals surface area (Å²) in [6.07, 6.45) is 5.41. The van der Waals surface area contributed by atoms with Gasteiger partial charge in [0.2, 0.25) is 0 Å². The van der Waals surface area contributed by atoms with Crippen molar-refractivity contribution in [2.45, 2.75) is 38.2 Å². The van der Waals surface area contributed by atoms with Crippen molar-refractivity contribution in [2.75, 3.05) is 19.7 Å². The summed E-state index contributed by atoms with van der Waals surface area (Å²) in [6.45, 7) is 1.44. The Bertz CT molecular complexity index is 497. The zero-order chi connectivity index (χ0) is 14.7. The molecule has 1 atom stereocenters. The maximum atomic E-state index is 12.6. The molecule has 4 nitrogen and oxygen atoms in total. The monoisotopic (exact) mass is 289 g/mol. The van der Waals surface area contributed by atoms with Gasteiger partial charge in [-0.3, -0.25) is 4.79 Å². The Morgan fingerprint density at radius 1 is 1.24 bits per heavy atom. The molecule has 3 rings (SSSR count). The SMILES string of the molecule is O=C1c2ccccc2OCCN1CC(O)C1CCCCC1. The van der Waals surface area contributed by atoms with Crippen LogP contribution in [0, 0.1) is 5.92 Å². The molecule has 0 radical (unpaired) electrons. The summed E-state index contributed by atoms with van der Waals surface area (Å²) in [7, 11) is 0. The highest BCUT2D eigenvalue weighted by atomic mass is 16.5. The van der Waals surface area contributed by atoms with Crippen molar-refractivity contribution in [1.82, 2.24) is 4.90 Å². The summed E-state index contributed by atoms with van der Waals surface area (Å²) in [5.41, 5.74) is 0.603. The predicted octanol–water partition coefficient (Wildman–Crippen LogP) is 2.46. The minimum absolute atomic E-state index is 0.0297.